The summed E-state index contributed by atoms with van der Waals surface area (Å²) in [4.78, 5) is 22.1. The Hall–Kier alpha value is -2.36. The van der Waals surface area contributed by atoms with Crippen molar-refractivity contribution in [2.24, 2.45) is 0 Å². The van der Waals surface area contributed by atoms with E-state index in [0.717, 1.165) is 12.1 Å². The van der Waals surface area contributed by atoms with E-state index in [1.165, 1.54) is 18.6 Å². The van der Waals surface area contributed by atoms with E-state index in [2.05, 4.69) is 4.74 Å². The van der Waals surface area contributed by atoms with Gasteiger partial charge in [-0.3, -0.25) is 4.72 Å². The number of rotatable bonds is 5. The minimum Gasteiger partial charge on any atom is -0.478 e. The lowest BCUT2D eigenvalue weighted by Crippen LogP contribution is -2.37. The van der Waals surface area contributed by atoms with Crippen molar-refractivity contribution in [2.75, 3.05) is 4.72 Å². The number of halogens is 1. The second-order valence-electron chi connectivity index (χ2n) is 4.16. The fourth-order valence-electron chi connectivity index (χ4n) is 1.30. The lowest BCUT2D eigenvalue weighted by Gasteiger charge is -2.12. The summed E-state index contributed by atoms with van der Waals surface area (Å²) in [7, 11) is -4.41. The summed E-state index contributed by atoms with van der Waals surface area (Å²) in [6.07, 6.45) is -1.77. The SMILES string of the molecule is CC(C)OC(=O)NS(=O)(=O)Nc1ccc(F)cc1C(=O)O. The van der Waals surface area contributed by atoms with Gasteiger partial charge in [0.05, 0.1) is 17.4 Å². The molecule has 0 aliphatic rings. The highest BCUT2D eigenvalue weighted by atomic mass is 32.2. The minimum absolute atomic E-state index is 0.395. The van der Waals surface area contributed by atoms with Gasteiger partial charge in [0.15, 0.2) is 0 Å². The molecule has 1 aromatic rings. The standard InChI is InChI=1S/C11H13FN2O6S/c1-6(2)20-11(17)14-21(18,19)13-9-4-3-7(12)5-8(9)10(15)16/h3-6,13H,1-2H3,(H,14,17)(H,15,16). The number of anilines is 1. The van der Waals surface area contributed by atoms with E-state index in [1.54, 1.807) is 0 Å². The normalized spacial score (nSPS) is 11.0. The van der Waals surface area contributed by atoms with E-state index < -0.39 is 45.4 Å². The topological polar surface area (TPSA) is 122 Å². The summed E-state index contributed by atoms with van der Waals surface area (Å²) in [6, 6.07) is 2.44. The Morgan fingerprint density at radius 3 is 2.48 bits per heavy atom. The van der Waals surface area contributed by atoms with Crippen LogP contribution < -0.4 is 9.44 Å². The van der Waals surface area contributed by atoms with Crippen LogP contribution in [0.15, 0.2) is 18.2 Å². The molecule has 116 valence electrons. The highest BCUT2D eigenvalue weighted by Crippen LogP contribution is 2.18. The summed E-state index contributed by atoms with van der Waals surface area (Å²) in [6.45, 7) is 3.03. The molecule has 1 aromatic carbocycles. The Morgan fingerprint density at radius 2 is 1.95 bits per heavy atom. The molecule has 0 aromatic heterocycles. The second kappa shape index (κ2) is 6.39. The van der Waals surface area contributed by atoms with Crippen LogP contribution in [0.2, 0.25) is 0 Å². The molecular weight excluding hydrogens is 307 g/mol. The highest BCUT2D eigenvalue weighted by molar-refractivity contribution is 7.91. The van der Waals surface area contributed by atoms with Crippen molar-refractivity contribution >= 4 is 28.0 Å². The zero-order valence-corrected chi connectivity index (χ0v) is 11.9. The third-order valence-corrected chi connectivity index (χ3v) is 2.94. The summed E-state index contributed by atoms with van der Waals surface area (Å²) < 4.78 is 44.2. The largest absolute Gasteiger partial charge is 0.478 e. The Bertz CT molecular complexity index is 659. The Labute approximate surface area is 120 Å². The molecular formula is C11H13FN2O6S. The first-order chi connectivity index (χ1) is 9.60. The van der Waals surface area contributed by atoms with Gasteiger partial charge in [0.25, 0.3) is 0 Å². The number of carbonyl (C=O) groups is 2. The maximum absolute atomic E-state index is 13.0. The molecule has 0 unspecified atom stereocenters. The van der Waals surface area contributed by atoms with Crippen molar-refractivity contribution in [3.63, 3.8) is 0 Å². The first-order valence-corrected chi connectivity index (χ1v) is 7.13. The van der Waals surface area contributed by atoms with Gasteiger partial charge in [-0.15, -0.1) is 0 Å². The molecule has 0 fully saturated rings. The third-order valence-electron chi connectivity index (χ3n) is 2.02. The lowest BCUT2D eigenvalue weighted by atomic mass is 10.2. The molecule has 0 bridgehead atoms. The van der Waals surface area contributed by atoms with Crippen molar-refractivity contribution in [2.45, 2.75) is 20.0 Å². The molecule has 21 heavy (non-hydrogen) atoms. The van der Waals surface area contributed by atoms with Crippen LogP contribution in [-0.4, -0.2) is 31.7 Å². The van der Waals surface area contributed by atoms with Crippen molar-refractivity contribution in [1.82, 2.24) is 4.72 Å². The Balaban J connectivity index is 2.94. The molecule has 1 rings (SSSR count). The molecule has 0 heterocycles. The summed E-state index contributed by atoms with van der Waals surface area (Å²) in [5.41, 5.74) is -0.994. The molecule has 0 saturated carbocycles. The van der Waals surface area contributed by atoms with Crippen molar-refractivity contribution < 1.29 is 32.2 Å². The van der Waals surface area contributed by atoms with Crippen LogP contribution in [-0.2, 0) is 14.9 Å². The fraction of sp³-hybridized carbons (Fsp3) is 0.273. The van der Waals surface area contributed by atoms with Gasteiger partial charge in [-0.2, -0.15) is 8.42 Å². The van der Waals surface area contributed by atoms with E-state index in [9.17, 15) is 22.4 Å². The second-order valence-corrected chi connectivity index (χ2v) is 5.57. The summed E-state index contributed by atoms with van der Waals surface area (Å²) >= 11 is 0. The molecule has 10 heteroatoms. The molecule has 3 N–H and O–H groups in total. The van der Waals surface area contributed by atoms with Gasteiger partial charge >= 0.3 is 22.3 Å². The summed E-state index contributed by atoms with van der Waals surface area (Å²) in [5.74, 6) is -2.38. The predicted molar refractivity (Wildman–Crippen MR) is 70.7 cm³/mol. The van der Waals surface area contributed by atoms with Crippen molar-refractivity contribution in [3.05, 3.63) is 29.6 Å². The van der Waals surface area contributed by atoms with Crippen LogP contribution in [0.3, 0.4) is 0 Å². The molecule has 8 nitrogen and oxygen atoms in total. The minimum atomic E-state index is -4.41. The number of nitrogens with one attached hydrogen (secondary N) is 2. The molecule has 0 radical (unpaired) electrons. The van der Waals surface area contributed by atoms with Gasteiger partial charge in [0.1, 0.15) is 5.82 Å². The van der Waals surface area contributed by atoms with Gasteiger partial charge < -0.3 is 9.84 Å². The quantitative estimate of drug-likeness (QED) is 0.752. The van der Waals surface area contributed by atoms with Crippen LogP contribution in [0, 0.1) is 5.82 Å². The van der Waals surface area contributed by atoms with E-state index in [0.29, 0.717) is 6.07 Å². The molecule has 0 aliphatic heterocycles. The van der Waals surface area contributed by atoms with E-state index in [4.69, 9.17) is 5.11 Å². The maximum Gasteiger partial charge on any atom is 0.422 e. The smallest absolute Gasteiger partial charge is 0.422 e. The number of benzene rings is 1. The van der Waals surface area contributed by atoms with Crippen LogP contribution in [0.25, 0.3) is 0 Å². The predicted octanol–water partition coefficient (Wildman–Crippen LogP) is 1.32. The first kappa shape index (κ1) is 16.7. The van der Waals surface area contributed by atoms with Crippen LogP contribution in [0.5, 0.6) is 0 Å². The summed E-state index contributed by atoms with van der Waals surface area (Å²) in [5, 5.41) is 8.87. The molecule has 1 amide bonds. The number of hydrogen-bond donors (Lipinski definition) is 3. The Kier molecular flexibility index (Phi) is 5.08. The van der Waals surface area contributed by atoms with Crippen molar-refractivity contribution in [3.8, 4) is 0 Å². The van der Waals surface area contributed by atoms with Gasteiger partial charge in [-0.1, -0.05) is 0 Å². The lowest BCUT2D eigenvalue weighted by molar-refractivity contribution is 0.0697. The van der Waals surface area contributed by atoms with Crippen molar-refractivity contribution in [1.29, 1.82) is 0 Å². The zero-order valence-electron chi connectivity index (χ0n) is 11.1. The fourth-order valence-corrected chi connectivity index (χ4v) is 2.09. The van der Waals surface area contributed by atoms with Crippen LogP contribution in [0.4, 0.5) is 14.9 Å². The number of hydrogen-bond acceptors (Lipinski definition) is 5. The molecule has 0 aliphatic carbocycles. The Morgan fingerprint density at radius 1 is 1.33 bits per heavy atom. The maximum atomic E-state index is 13.0. The van der Waals surface area contributed by atoms with Gasteiger partial charge in [-0.05, 0) is 32.0 Å². The molecule has 0 spiro atoms. The van der Waals surface area contributed by atoms with Gasteiger partial charge in [0.2, 0.25) is 0 Å². The number of amides is 1. The van der Waals surface area contributed by atoms with E-state index in [-0.39, 0.29) is 0 Å². The number of carboxylic acid groups (broad SMARTS) is 1. The van der Waals surface area contributed by atoms with Crippen LogP contribution >= 0.6 is 0 Å². The third kappa shape index (κ3) is 5.26. The zero-order chi connectivity index (χ0) is 16.2. The van der Waals surface area contributed by atoms with E-state index >= 15 is 0 Å². The number of carbonyl (C=O) groups excluding carboxylic acids is 1. The number of carboxylic acids is 1. The highest BCUT2D eigenvalue weighted by Gasteiger charge is 2.20. The number of ether oxygens (including phenoxy) is 1. The van der Waals surface area contributed by atoms with Crippen LogP contribution in [0.1, 0.15) is 24.2 Å². The van der Waals surface area contributed by atoms with Gasteiger partial charge in [-0.25, -0.2) is 18.7 Å². The van der Waals surface area contributed by atoms with Gasteiger partial charge in [0, 0.05) is 0 Å². The number of aromatic carboxylic acids is 1. The molecule has 0 atom stereocenters. The first-order valence-electron chi connectivity index (χ1n) is 5.64. The average Bonchev–Trinajstić information content (AvgIpc) is 2.28. The average molecular weight is 320 g/mol. The monoisotopic (exact) mass is 320 g/mol. The van der Waals surface area contributed by atoms with E-state index in [1.807, 2.05) is 4.72 Å². The molecule has 0 saturated heterocycles.